The van der Waals surface area contributed by atoms with Crippen molar-refractivity contribution in [2.75, 3.05) is 7.11 Å². The van der Waals surface area contributed by atoms with Crippen molar-refractivity contribution in [1.82, 2.24) is 5.32 Å². The SMILES string of the molecule is COc1ccccc1CNC1CCc2ccccc2C1Cc1ccc(F)cc1.O=C(O)C(=O)O. The average molecular weight is 466 g/mol. The summed E-state index contributed by atoms with van der Waals surface area (Å²) < 4.78 is 18.8. The summed E-state index contributed by atoms with van der Waals surface area (Å²) in [6, 6.07) is 24.2. The van der Waals surface area contributed by atoms with Crippen molar-refractivity contribution in [2.45, 2.75) is 37.8 Å². The Labute approximate surface area is 198 Å². The second kappa shape index (κ2) is 12.0. The highest BCUT2D eigenvalue weighted by Crippen LogP contribution is 2.35. The summed E-state index contributed by atoms with van der Waals surface area (Å²) in [5, 5.41) is 18.6. The maximum atomic E-state index is 13.3. The van der Waals surface area contributed by atoms with Crippen LogP contribution in [0.4, 0.5) is 4.39 Å². The maximum Gasteiger partial charge on any atom is 0.414 e. The number of aryl methyl sites for hydroxylation is 1. The Bertz CT molecular complexity index is 1100. The van der Waals surface area contributed by atoms with E-state index in [2.05, 4.69) is 35.6 Å². The van der Waals surface area contributed by atoms with Gasteiger partial charge in [0.25, 0.3) is 0 Å². The first-order valence-electron chi connectivity index (χ1n) is 11.0. The van der Waals surface area contributed by atoms with Crippen LogP contribution in [0, 0.1) is 5.82 Å². The van der Waals surface area contributed by atoms with Gasteiger partial charge >= 0.3 is 11.9 Å². The van der Waals surface area contributed by atoms with E-state index in [1.165, 1.54) is 22.3 Å². The number of fused-ring (bicyclic) bond motifs is 1. The number of halogens is 1. The molecule has 7 heteroatoms. The van der Waals surface area contributed by atoms with Crippen molar-refractivity contribution < 1.29 is 28.9 Å². The molecule has 2 unspecified atom stereocenters. The summed E-state index contributed by atoms with van der Waals surface area (Å²) in [5.41, 5.74) is 5.19. The van der Waals surface area contributed by atoms with Crippen molar-refractivity contribution in [3.8, 4) is 5.75 Å². The maximum absolute atomic E-state index is 13.3. The van der Waals surface area contributed by atoms with Crippen LogP contribution < -0.4 is 10.1 Å². The fourth-order valence-electron chi connectivity index (χ4n) is 4.31. The van der Waals surface area contributed by atoms with Gasteiger partial charge in [-0.05, 0) is 54.2 Å². The minimum atomic E-state index is -1.82. The number of carboxylic acid groups (broad SMARTS) is 2. The van der Waals surface area contributed by atoms with E-state index in [9.17, 15) is 4.39 Å². The molecule has 1 aliphatic carbocycles. The van der Waals surface area contributed by atoms with Gasteiger partial charge in [-0.25, -0.2) is 14.0 Å². The number of para-hydroxylation sites is 1. The number of methoxy groups -OCH3 is 1. The number of nitrogens with one attached hydrogen (secondary N) is 1. The zero-order valence-electron chi connectivity index (χ0n) is 18.9. The number of ether oxygens (including phenoxy) is 1. The van der Waals surface area contributed by atoms with Crippen LogP contribution in [0.25, 0.3) is 0 Å². The van der Waals surface area contributed by atoms with E-state index < -0.39 is 11.9 Å². The number of carboxylic acids is 2. The summed E-state index contributed by atoms with van der Waals surface area (Å²) in [6.45, 7) is 0.775. The topological polar surface area (TPSA) is 95.9 Å². The van der Waals surface area contributed by atoms with Crippen LogP contribution in [-0.4, -0.2) is 35.3 Å². The van der Waals surface area contributed by atoms with E-state index in [0.29, 0.717) is 12.0 Å². The summed E-state index contributed by atoms with van der Waals surface area (Å²) >= 11 is 0. The fraction of sp³-hybridized carbons (Fsp3) is 0.259. The number of carbonyl (C=O) groups is 2. The molecule has 3 aromatic carbocycles. The molecule has 0 saturated heterocycles. The van der Waals surface area contributed by atoms with E-state index in [4.69, 9.17) is 24.5 Å². The van der Waals surface area contributed by atoms with Gasteiger partial charge in [0.05, 0.1) is 7.11 Å². The van der Waals surface area contributed by atoms with E-state index in [1.807, 2.05) is 30.3 Å². The molecule has 34 heavy (non-hydrogen) atoms. The number of benzene rings is 3. The van der Waals surface area contributed by atoms with Crippen LogP contribution in [-0.2, 0) is 29.0 Å². The van der Waals surface area contributed by atoms with E-state index in [0.717, 1.165) is 31.6 Å². The molecule has 3 N–H and O–H groups in total. The van der Waals surface area contributed by atoms with Crippen molar-refractivity contribution >= 4 is 11.9 Å². The molecule has 0 spiro atoms. The van der Waals surface area contributed by atoms with Gasteiger partial charge in [0, 0.05) is 24.1 Å². The molecule has 2 atom stereocenters. The van der Waals surface area contributed by atoms with Crippen molar-refractivity contribution in [3.63, 3.8) is 0 Å². The van der Waals surface area contributed by atoms with Crippen LogP contribution in [0.5, 0.6) is 5.75 Å². The number of rotatable bonds is 6. The Morgan fingerprint density at radius 1 is 0.971 bits per heavy atom. The zero-order valence-corrected chi connectivity index (χ0v) is 18.9. The average Bonchev–Trinajstić information content (AvgIpc) is 2.85. The third-order valence-corrected chi connectivity index (χ3v) is 5.96. The van der Waals surface area contributed by atoms with E-state index in [-0.39, 0.29) is 5.82 Å². The third kappa shape index (κ3) is 6.65. The lowest BCUT2D eigenvalue weighted by atomic mass is 9.76. The lowest BCUT2D eigenvalue weighted by molar-refractivity contribution is -0.159. The second-order valence-electron chi connectivity index (χ2n) is 8.08. The Balaban J connectivity index is 0.000000481. The molecule has 0 aliphatic heterocycles. The smallest absolute Gasteiger partial charge is 0.414 e. The molecular weight excluding hydrogens is 437 g/mol. The molecule has 0 heterocycles. The van der Waals surface area contributed by atoms with Crippen LogP contribution in [0.15, 0.2) is 72.8 Å². The molecular formula is C27H28FNO5. The Morgan fingerprint density at radius 2 is 1.62 bits per heavy atom. The first-order chi connectivity index (χ1) is 16.4. The van der Waals surface area contributed by atoms with E-state index in [1.54, 1.807) is 19.2 Å². The summed E-state index contributed by atoms with van der Waals surface area (Å²) in [4.78, 5) is 18.2. The molecule has 6 nitrogen and oxygen atoms in total. The molecule has 0 fully saturated rings. The van der Waals surface area contributed by atoms with Gasteiger partial charge in [-0.2, -0.15) is 0 Å². The lowest BCUT2D eigenvalue weighted by Gasteiger charge is -2.35. The molecule has 4 rings (SSSR count). The minimum absolute atomic E-state index is 0.182. The van der Waals surface area contributed by atoms with Crippen molar-refractivity contribution in [3.05, 3.63) is 101 Å². The highest BCUT2D eigenvalue weighted by molar-refractivity contribution is 6.27. The molecule has 0 bridgehead atoms. The minimum Gasteiger partial charge on any atom is -0.496 e. The van der Waals surface area contributed by atoms with Crippen LogP contribution in [0.3, 0.4) is 0 Å². The molecule has 0 amide bonds. The zero-order chi connectivity index (χ0) is 24.5. The number of aliphatic carboxylic acids is 2. The quantitative estimate of drug-likeness (QED) is 0.467. The molecule has 0 saturated carbocycles. The predicted octanol–water partition coefficient (Wildman–Crippen LogP) is 4.42. The molecule has 0 aromatic heterocycles. The summed E-state index contributed by atoms with van der Waals surface area (Å²) in [6.07, 6.45) is 3.08. The van der Waals surface area contributed by atoms with Gasteiger partial charge in [-0.1, -0.05) is 54.6 Å². The third-order valence-electron chi connectivity index (χ3n) is 5.96. The second-order valence-corrected chi connectivity index (χ2v) is 8.08. The number of hydrogen-bond acceptors (Lipinski definition) is 4. The van der Waals surface area contributed by atoms with Gasteiger partial charge in [0.2, 0.25) is 0 Å². The van der Waals surface area contributed by atoms with Gasteiger partial charge in [-0.3, -0.25) is 0 Å². The number of hydrogen-bond donors (Lipinski definition) is 3. The summed E-state index contributed by atoms with van der Waals surface area (Å²) in [7, 11) is 1.72. The van der Waals surface area contributed by atoms with E-state index >= 15 is 0 Å². The van der Waals surface area contributed by atoms with Gasteiger partial charge in [0.1, 0.15) is 11.6 Å². The van der Waals surface area contributed by atoms with Gasteiger partial charge in [0.15, 0.2) is 0 Å². The highest BCUT2D eigenvalue weighted by Gasteiger charge is 2.29. The van der Waals surface area contributed by atoms with Crippen LogP contribution in [0.2, 0.25) is 0 Å². The van der Waals surface area contributed by atoms with Crippen LogP contribution >= 0.6 is 0 Å². The van der Waals surface area contributed by atoms with Crippen molar-refractivity contribution in [1.29, 1.82) is 0 Å². The Kier molecular flexibility index (Phi) is 8.76. The fourth-order valence-corrected chi connectivity index (χ4v) is 4.31. The monoisotopic (exact) mass is 465 g/mol. The predicted molar refractivity (Wildman–Crippen MR) is 127 cm³/mol. The first-order valence-corrected chi connectivity index (χ1v) is 11.0. The molecule has 3 aromatic rings. The normalized spacial score (nSPS) is 16.5. The van der Waals surface area contributed by atoms with Crippen LogP contribution in [0.1, 0.15) is 34.6 Å². The lowest BCUT2D eigenvalue weighted by Crippen LogP contribution is -2.39. The molecule has 178 valence electrons. The summed E-state index contributed by atoms with van der Waals surface area (Å²) in [5.74, 6) is -2.55. The standard InChI is InChI=1S/C25H26FNO.C2H2O4/c1-28-25-9-5-3-7-20(25)17-27-24-15-12-19-6-2-4-8-22(19)23(24)16-18-10-13-21(26)14-11-18;3-1(4)2(5)6/h2-11,13-14,23-24,27H,12,15-17H2,1H3;(H,3,4)(H,5,6). The Hall–Kier alpha value is -3.71. The Morgan fingerprint density at radius 3 is 2.29 bits per heavy atom. The molecule has 1 aliphatic rings. The highest BCUT2D eigenvalue weighted by atomic mass is 19.1. The first kappa shape index (κ1) is 24.9. The van der Waals surface area contributed by atoms with Gasteiger partial charge in [-0.15, -0.1) is 0 Å². The largest absolute Gasteiger partial charge is 0.496 e. The van der Waals surface area contributed by atoms with Gasteiger partial charge < -0.3 is 20.3 Å². The van der Waals surface area contributed by atoms with Crippen molar-refractivity contribution in [2.24, 2.45) is 0 Å². The molecule has 0 radical (unpaired) electrons.